The number of nitrogens with two attached hydrogens (primary N) is 1. The van der Waals surface area contributed by atoms with Crippen molar-refractivity contribution in [2.24, 2.45) is 5.14 Å². The molecule has 1 aromatic heterocycles. The summed E-state index contributed by atoms with van der Waals surface area (Å²) in [5.41, 5.74) is 0.128. The Morgan fingerprint density at radius 2 is 2.17 bits per heavy atom. The van der Waals surface area contributed by atoms with E-state index in [4.69, 9.17) is 9.88 Å². The number of benzene rings is 1. The Morgan fingerprint density at radius 3 is 2.75 bits per heavy atom. The summed E-state index contributed by atoms with van der Waals surface area (Å²) < 4.78 is 29.9. The zero-order valence-electron chi connectivity index (χ0n) is 13.5. The van der Waals surface area contributed by atoms with Gasteiger partial charge in [0.1, 0.15) is 11.6 Å². The van der Waals surface area contributed by atoms with Crippen LogP contribution >= 0.6 is 0 Å². The van der Waals surface area contributed by atoms with Crippen LogP contribution in [-0.2, 0) is 16.6 Å². The lowest BCUT2D eigenvalue weighted by Gasteiger charge is -2.11. The highest BCUT2D eigenvalue weighted by atomic mass is 32.2. The molecule has 130 valence electrons. The van der Waals surface area contributed by atoms with Crippen LogP contribution in [0, 0.1) is 6.92 Å². The second-order valence-corrected chi connectivity index (χ2v) is 6.75. The Morgan fingerprint density at radius 1 is 1.42 bits per heavy atom. The molecule has 3 N–H and O–H groups in total. The van der Waals surface area contributed by atoms with Crippen molar-refractivity contribution in [1.29, 1.82) is 0 Å². The van der Waals surface area contributed by atoms with E-state index >= 15 is 0 Å². The third kappa shape index (κ3) is 4.33. The molecule has 0 saturated carbocycles. The first-order valence-electron chi connectivity index (χ1n) is 7.29. The number of methoxy groups -OCH3 is 1. The molecular weight excluding hydrogens is 332 g/mol. The van der Waals surface area contributed by atoms with Gasteiger partial charge in [-0.15, -0.1) is 0 Å². The lowest BCUT2D eigenvalue weighted by molar-refractivity contribution is 0.0949. The number of imidazole rings is 1. The third-order valence-corrected chi connectivity index (χ3v) is 4.44. The molecule has 8 nitrogen and oxygen atoms in total. The van der Waals surface area contributed by atoms with E-state index in [9.17, 15) is 13.2 Å². The first kappa shape index (κ1) is 18.0. The fraction of sp³-hybridized carbons (Fsp3) is 0.333. The molecule has 1 amide bonds. The summed E-state index contributed by atoms with van der Waals surface area (Å²) in [6, 6.07) is 3.92. The number of aromatic nitrogens is 2. The molecule has 0 aliphatic heterocycles. The molecule has 2 aromatic rings. The maximum absolute atomic E-state index is 12.3. The van der Waals surface area contributed by atoms with Gasteiger partial charge in [0.15, 0.2) is 0 Å². The van der Waals surface area contributed by atoms with Crippen molar-refractivity contribution in [3.05, 3.63) is 42.0 Å². The molecular formula is C15H20N4O4S. The van der Waals surface area contributed by atoms with Crippen molar-refractivity contribution in [3.63, 3.8) is 0 Å². The van der Waals surface area contributed by atoms with Crippen molar-refractivity contribution >= 4 is 15.9 Å². The maximum Gasteiger partial charge on any atom is 0.255 e. The molecule has 0 unspecified atom stereocenters. The van der Waals surface area contributed by atoms with Crippen molar-refractivity contribution in [3.8, 4) is 5.75 Å². The molecule has 0 spiro atoms. The van der Waals surface area contributed by atoms with Gasteiger partial charge in [0.2, 0.25) is 10.0 Å². The second kappa shape index (κ2) is 7.45. The van der Waals surface area contributed by atoms with Crippen LogP contribution in [0.3, 0.4) is 0 Å². The fourth-order valence-corrected chi connectivity index (χ4v) is 2.77. The van der Waals surface area contributed by atoms with Gasteiger partial charge < -0.3 is 14.6 Å². The average molecular weight is 352 g/mol. The van der Waals surface area contributed by atoms with Crippen molar-refractivity contribution < 1.29 is 17.9 Å². The SMILES string of the molecule is COc1ccc(S(N)(=O)=O)cc1C(=O)NCCCn1ccnc1C. The number of nitrogens with one attached hydrogen (secondary N) is 1. The van der Waals surface area contributed by atoms with Gasteiger partial charge in [-0.1, -0.05) is 0 Å². The monoisotopic (exact) mass is 352 g/mol. The quantitative estimate of drug-likeness (QED) is 0.710. The molecule has 0 radical (unpaired) electrons. The Bertz CT molecular complexity index is 830. The Kier molecular flexibility index (Phi) is 5.58. The maximum atomic E-state index is 12.3. The second-order valence-electron chi connectivity index (χ2n) is 5.18. The lowest BCUT2D eigenvalue weighted by Crippen LogP contribution is -2.26. The van der Waals surface area contributed by atoms with Gasteiger partial charge in [0.25, 0.3) is 5.91 Å². The van der Waals surface area contributed by atoms with Crippen LogP contribution in [0.25, 0.3) is 0 Å². The van der Waals surface area contributed by atoms with Crippen LogP contribution in [-0.4, -0.2) is 37.5 Å². The summed E-state index contributed by atoms with van der Waals surface area (Å²) in [4.78, 5) is 16.3. The predicted octanol–water partition coefficient (Wildman–Crippen LogP) is 0.668. The van der Waals surface area contributed by atoms with E-state index in [-0.39, 0.29) is 16.2 Å². The van der Waals surface area contributed by atoms with Gasteiger partial charge >= 0.3 is 0 Å². The van der Waals surface area contributed by atoms with E-state index in [1.807, 2.05) is 17.7 Å². The van der Waals surface area contributed by atoms with Crippen LogP contribution in [0.15, 0.2) is 35.5 Å². The first-order valence-corrected chi connectivity index (χ1v) is 8.84. The summed E-state index contributed by atoms with van der Waals surface area (Å²) >= 11 is 0. The van der Waals surface area contributed by atoms with E-state index < -0.39 is 15.9 Å². The van der Waals surface area contributed by atoms with Crippen LogP contribution in [0.1, 0.15) is 22.6 Å². The number of hydrogen-bond acceptors (Lipinski definition) is 5. The van der Waals surface area contributed by atoms with Gasteiger partial charge in [-0.3, -0.25) is 4.79 Å². The number of aryl methyl sites for hydroxylation is 2. The number of rotatable bonds is 7. The van der Waals surface area contributed by atoms with E-state index in [0.29, 0.717) is 13.0 Å². The molecule has 0 fully saturated rings. The third-order valence-electron chi connectivity index (χ3n) is 3.53. The summed E-state index contributed by atoms with van der Waals surface area (Å²) in [7, 11) is -2.48. The van der Waals surface area contributed by atoms with E-state index in [2.05, 4.69) is 10.3 Å². The number of carbonyl (C=O) groups excluding carboxylic acids is 1. The Labute approximate surface area is 140 Å². The zero-order valence-corrected chi connectivity index (χ0v) is 14.3. The summed E-state index contributed by atoms with van der Waals surface area (Å²) in [5.74, 6) is 0.772. The van der Waals surface area contributed by atoms with Crippen molar-refractivity contribution in [1.82, 2.24) is 14.9 Å². The van der Waals surface area contributed by atoms with Gasteiger partial charge in [0, 0.05) is 25.5 Å². The Hall–Kier alpha value is -2.39. The van der Waals surface area contributed by atoms with Crippen LogP contribution in [0.2, 0.25) is 0 Å². The molecule has 0 saturated heterocycles. The molecule has 0 aliphatic carbocycles. The van der Waals surface area contributed by atoms with Crippen molar-refractivity contribution in [2.45, 2.75) is 24.8 Å². The minimum absolute atomic E-state index is 0.128. The smallest absolute Gasteiger partial charge is 0.255 e. The summed E-state index contributed by atoms with van der Waals surface area (Å²) in [5, 5.41) is 7.84. The van der Waals surface area contributed by atoms with Crippen LogP contribution in [0.4, 0.5) is 0 Å². The van der Waals surface area contributed by atoms with E-state index in [1.165, 1.54) is 25.3 Å². The fourth-order valence-electron chi connectivity index (χ4n) is 2.23. The van der Waals surface area contributed by atoms with Crippen LogP contribution < -0.4 is 15.2 Å². The molecule has 1 aromatic carbocycles. The minimum atomic E-state index is -3.89. The van der Waals surface area contributed by atoms with Gasteiger partial charge in [0.05, 0.1) is 17.6 Å². The van der Waals surface area contributed by atoms with E-state index in [1.54, 1.807) is 6.20 Å². The van der Waals surface area contributed by atoms with Crippen LogP contribution in [0.5, 0.6) is 5.75 Å². The number of primary sulfonamides is 1. The number of nitrogens with zero attached hydrogens (tertiary/aromatic N) is 2. The van der Waals surface area contributed by atoms with E-state index in [0.717, 1.165) is 12.4 Å². The molecule has 2 rings (SSSR count). The normalized spacial score (nSPS) is 11.3. The molecule has 1 heterocycles. The predicted molar refractivity (Wildman–Crippen MR) is 88.3 cm³/mol. The highest BCUT2D eigenvalue weighted by Gasteiger charge is 2.17. The highest BCUT2D eigenvalue weighted by Crippen LogP contribution is 2.21. The Balaban J connectivity index is 2.02. The minimum Gasteiger partial charge on any atom is -0.496 e. The summed E-state index contributed by atoms with van der Waals surface area (Å²) in [6.45, 7) is 3.06. The number of sulfonamides is 1. The first-order chi connectivity index (χ1) is 11.3. The number of carbonyl (C=O) groups is 1. The topological polar surface area (TPSA) is 116 Å². The number of ether oxygens (including phenoxy) is 1. The average Bonchev–Trinajstić information content (AvgIpc) is 2.95. The molecule has 9 heteroatoms. The number of hydrogen-bond donors (Lipinski definition) is 2. The largest absolute Gasteiger partial charge is 0.496 e. The molecule has 0 aliphatic rings. The van der Waals surface area contributed by atoms with Gasteiger partial charge in [-0.2, -0.15) is 0 Å². The standard InChI is InChI=1S/C15H20N4O4S/c1-11-17-7-9-19(11)8-3-6-18-15(20)13-10-12(24(16,21)22)4-5-14(13)23-2/h4-5,7,9-10H,3,6,8H2,1-2H3,(H,18,20)(H2,16,21,22). The lowest BCUT2D eigenvalue weighted by atomic mass is 10.2. The summed E-state index contributed by atoms with van der Waals surface area (Å²) in [6.07, 6.45) is 4.30. The molecule has 0 atom stereocenters. The molecule has 0 bridgehead atoms. The zero-order chi connectivity index (χ0) is 17.7. The van der Waals surface area contributed by atoms with Crippen molar-refractivity contribution in [2.75, 3.05) is 13.7 Å². The highest BCUT2D eigenvalue weighted by molar-refractivity contribution is 7.89. The van der Waals surface area contributed by atoms with Gasteiger partial charge in [-0.25, -0.2) is 18.5 Å². The number of amides is 1. The molecule has 24 heavy (non-hydrogen) atoms. The van der Waals surface area contributed by atoms with Gasteiger partial charge in [-0.05, 0) is 31.5 Å².